The van der Waals surface area contributed by atoms with Gasteiger partial charge in [0.2, 0.25) is 0 Å². The molecule has 16 heavy (non-hydrogen) atoms. The van der Waals surface area contributed by atoms with Crippen molar-refractivity contribution in [2.24, 2.45) is 13.0 Å². The second kappa shape index (κ2) is 6.40. The number of aliphatic hydroxyl groups is 1. The fourth-order valence-electron chi connectivity index (χ4n) is 2.03. The van der Waals surface area contributed by atoms with Gasteiger partial charge in [-0.3, -0.25) is 4.68 Å². The number of aliphatic hydroxyl groups excluding tert-OH is 1. The molecule has 0 aliphatic heterocycles. The molecule has 0 aromatic carbocycles. The number of hydrogen-bond donors (Lipinski definition) is 1. The highest BCUT2D eigenvalue weighted by atomic mass is 79.9. The van der Waals surface area contributed by atoms with E-state index < -0.39 is 6.10 Å². The largest absolute Gasteiger partial charge is 0.386 e. The molecule has 0 amide bonds. The third kappa shape index (κ3) is 3.08. The van der Waals surface area contributed by atoms with Crippen LogP contribution in [0.4, 0.5) is 0 Å². The monoisotopic (exact) mass is 288 g/mol. The highest BCUT2D eigenvalue weighted by Gasteiger charge is 2.23. The van der Waals surface area contributed by atoms with E-state index in [1.807, 2.05) is 7.05 Å². The van der Waals surface area contributed by atoms with E-state index in [4.69, 9.17) is 0 Å². The lowest BCUT2D eigenvalue weighted by atomic mass is 9.91. The maximum Gasteiger partial charge on any atom is 0.0995 e. The molecule has 1 rings (SSSR count). The van der Waals surface area contributed by atoms with Crippen LogP contribution < -0.4 is 0 Å². The highest BCUT2D eigenvalue weighted by Crippen LogP contribution is 2.32. The summed E-state index contributed by atoms with van der Waals surface area (Å²) in [6, 6.07) is 0. The normalized spacial score (nSPS) is 15.1. The number of aryl methyl sites for hydroxylation is 1. The minimum atomic E-state index is -0.418. The Kier molecular flexibility index (Phi) is 5.49. The molecule has 0 aliphatic rings. The quantitative estimate of drug-likeness (QED) is 0.871. The maximum atomic E-state index is 10.4. The first-order valence-electron chi connectivity index (χ1n) is 5.97. The van der Waals surface area contributed by atoms with E-state index in [-0.39, 0.29) is 0 Å². The molecule has 4 heteroatoms. The Labute approximate surface area is 106 Å². The van der Waals surface area contributed by atoms with Crippen LogP contribution in [0, 0.1) is 5.92 Å². The summed E-state index contributed by atoms with van der Waals surface area (Å²) in [5, 5.41) is 14.5. The standard InChI is InChI=1S/C12H21BrN2O/c1-4-6-7-9(5-2)12(16)11-10(13)8-14-15(11)3/h8-9,12,16H,4-7H2,1-3H3. The third-order valence-corrected chi connectivity index (χ3v) is 3.73. The van der Waals surface area contributed by atoms with Crippen molar-refractivity contribution in [1.82, 2.24) is 9.78 Å². The summed E-state index contributed by atoms with van der Waals surface area (Å²) in [4.78, 5) is 0. The molecule has 3 nitrogen and oxygen atoms in total. The molecule has 0 radical (unpaired) electrons. The number of rotatable bonds is 6. The van der Waals surface area contributed by atoms with Crippen LogP contribution in [0.3, 0.4) is 0 Å². The number of unbranched alkanes of at least 4 members (excludes halogenated alkanes) is 1. The van der Waals surface area contributed by atoms with Crippen molar-refractivity contribution in [3.63, 3.8) is 0 Å². The van der Waals surface area contributed by atoms with Crippen LogP contribution in [0.5, 0.6) is 0 Å². The van der Waals surface area contributed by atoms with Gasteiger partial charge in [0.1, 0.15) is 0 Å². The average Bonchev–Trinajstić information content (AvgIpc) is 2.59. The van der Waals surface area contributed by atoms with E-state index in [1.54, 1.807) is 10.9 Å². The SMILES string of the molecule is CCCCC(CC)C(O)c1c(Br)cnn1C. The lowest BCUT2D eigenvalue weighted by molar-refractivity contribution is 0.0905. The molecule has 2 unspecified atom stereocenters. The van der Waals surface area contributed by atoms with Gasteiger partial charge in [-0.1, -0.05) is 33.1 Å². The molecular weight excluding hydrogens is 268 g/mol. The van der Waals surface area contributed by atoms with Gasteiger partial charge in [-0.25, -0.2) is 0 Å². The highest BCUT2D eigenvalue weighted by molar-refractivity contribution is 9.10. The number of nitrogens with zero attached hydrogens (tertiary/aromatic N) is 2. The summed E-state index contributed by atoms with van der Waals surface area (Å²) < 4.78 is 2.65. The maximum absolute atomic E-state index is 10.4. The van der Waals surface area contributed by atoms with E-state index in [9.17, 15) is 5.11 Å². The Balaban J connectivity index is 2.78. The average molecular weight is 289 g/mol. The predicted molar refractivity (Wildman–Crippen MR) is 69.2 cm³/mol. The second-order valence-electron chi connectivity index (χ2n) is 4.26. The Morgan fingerprint density at radius 2 is 2.19 bits per heavy atom. The van der Waals surface area contributed by atoms with Gasteiger partial charge in [-0.15, -0.1) is 0 Å². The van der Waals surface area contributed by atoms with Gasteiger partial charge in [-0.05, 0) is 28.3 Å². The predicted octanol–water partition coefficient (Wildman–Crippen LogP) is 3.43. The van der Waals surface area contributed by atoms with Gasteiger partial charge in [0, 0.05) is 7.05 Å². The molecule has 0 spiro atoms. The van der Waals surface area contributed by atoms with E-state index in [2.05, 4.69) is 34.9 Å². The molecule has 0 saturated heterocycles. The van der Waals surface area contributed by atoms with Crippen molar-refractivity contribution in [2.75, 3.05) is 0 Å². The fourth-order valence-corrected chi connectivity index (χ4v) is 2.61. The summed E-state index contributed by atoms with van der Waals surface area (Å²) in [7, 11) is 1.87. The molecule has 0 saturated carbocycles. The molecule has 0 bridgehead atoms. The summed E-state index contributed by atoms with van der Waals surface area (Å²) >= 11 is 3.44. The van der Waals surface area contributed by atoms with Crippen molar-refractivity contribution in [3.05, 3.63) is 16.4 Å². The first kappa shape index (κ1) is 13.7. The third-order valence-electron chi connectivity index (χ3n) is 3.12. The van der Waals surface area contributed by atoms with Crippen molar-refractivity contribution < 1.29 is 5.11 Å². The van der Waals surface area contributed by atoms with Gasteiger partial charge in [0.25, 0.3) is 0 Å². The zero-order chi connectivity index (χ0) is 12.1. The summed E-state index contributed by atoms with van der Waals surface area (Å²) in [5.41, 5.74) is 0.892. The number of hydrogen-bond acceptors (Lipinski definition) is 2. The van der Waals surface area contributed by atoms with Crippen LogP contribution in [0.2, 0.25) is 0 Å². The zero-order valence-electron chi connectivity index (χ0n) is 10.3. The Morgan fingerprint density at radius 1 is 1.50 bits per heavy atom. The van der Waals surface area contributed by atoms with Crippen molar-refractivity contribution >= 4 is 15.9 Å². The Morgan fingerprint density at radius 3 is 2.62 bits per heavy atom. The molecular formula is C12H21BrN2O. The van der Waals surface area contributed by atoms with Gasteiger partial charge in [0.15, 0.2) is 0 Å². The van der Waals surface area contributed by atoms with Crippen LogP contribution in [-0.2, 0) is 7.05 Å². The van der Waals surface area contributed by atoms with Crippen LogP contribution in [0.25, 0.3) is 0 Å². The number of halogens is 1. The van der Waals surface area contributed by atoms with Gasteiger partial charge < -0.3 is 5.11 Å². The van der Waals surface area contributed by atoms with E-state index in [0.717, 1.165) is 23.0 Å². The molecule has 1 aromatic rings. The molecule has 2 atom stereocenters. The first-order chi connectivity index (χ1) is 7.61. The van der Waals surface area contributed by atoms with Crippen LogP contribution in [0.1, 0.15) is 51.3 Å². The Bertz CT molecular complexity index is 305. The summed E-state index contributed by atoms with van der Waals surface area (Å²) in [6.45, 7) is 4.31. The van der Waals surface area contributed by atoms with Crippen molar-refractivity contribution in [1.29, 1.82) is 0 Å². The summed E-state index contributed by atoms with van der Waals surface area (Å²) in [5.74, 6) is 0.326. The molecule has 1 N–H and O–H groups in total. The fraction of sp³-hybridized carbons (Fsp3) is 0.750. The Hall–Kier alpha value is -0.350. The van der Waals surface area contributed by atoms with Crippen molar-refractivity contribution in [2.45, 2.75) is 45.6 Å². The minimum Gasteiger partial charge on any atom is -0.386 e. The van der Waals surface area contributed by atoms with Crippen LogP contribution in [-0.4, -0.2) is 14.9 Å². The van der Waals surface area contributed by atoms with E-state index in [0.29, 0.717) is 5.92 Å². The smallest absolute Gasteiger partial charge is 0.0995 e. The lowest BCUT2D eigenvalue weighted by Gasteiger charge is -2.22. The molecule has 1 aromatic heterocycles. The molecule has 92 valence electrons. The van der Waals surface area contributed by atoms with Crippen LogP contribution in [0.15, 0.2) is 10.7 Å². The number of aromatic nitrogens is 2. The molecule has 0 fully saturated rings. The zero-order valence-corrected chi connectivity index (χ0v) is 11.9. The molecule has 1 heterocycles. The van der Waals surface area contributed by atoms with Gasteiger partial charge in [0.05, 0.1) is 22.5 Å². The lowest BCUT2D eigenvalue weighted by Crippen LogP contribution is -2.16. The first-order valence-corrected chi connectivity index (χ1v) is 6.76. The second-order valence-corrected chi connectivity index (χ2v) is 5.11. The van der Waals surface area contributed by atoms with Gasteiger partial charge >= 0.3 is 0 Å². The van der Waals surface area contributed by atoms with Gasteiger partial charge in [-0.2, -0.15) is 5.10 Å². The van der Waals surface area contributed by atoms with Crippen molar-refractivity contribution in [3.8, 4) is 0 Å². The van der Waals surface area contributed by atoms with E-state index in [1.165, 1.54) is 12.8 Å². The summed E-state index contributed by atoms with van der Waals surface area (Å²) in [6.07, 6.45) is 5.75. The van der Waals surface area contributed by atoms with E-state index >= 15 is 0 Å². The van der Waals surface area contributed by atoms with Crippen LogP contribution >= 0.6 is 15.9 Å². The molecule has 0 aliphatic carbocycles. The minimum absolute atomic E-state index is 0.326. The topological polar surface area (TPSA) is 38.1 Å².